The molecule has 6 heteroatoms. The average Bonchev–Trinajstić information content (AvgIpc) is 2.16. The second-order valence-corrected chi connectivity index (χ2v) is 4.25. The van der Waals surface area contributed by atoms with Crippen molar-refractivity contribution in [3.8, 4) is 0 Å². The predicted molar refractivity (Wildman–Crippen MR) is 62.5 cm³/mol. The molecule has 1 atom stereocenters. The summed E-state index contributed by atoms with van der Waals surface area (Å²) in [4.78, 5) is 21.4. The Balaban J connectivity index is 2.59. The molecule has 5 nitrogen and oxygen atoms in total. The van der Waals surface area contributed by atoms with E-state index in [4.69, 9.17) is 11.6 Å². The highest BCUT2D eigenvalue weighted by atomic mass is 35.5. The van der Waals surface area contributed by atoms with Crippen molar-refractivity contribution in [2.75, 3.05) is 20.6 Å². The molecule has 1 aromatic rings. The van der Waals surface area contributed by atoms with Gasteiger partial charge in [0.2, 0.25) is 0 Å². The zero-order valence-electron chi connectivity index (χ0n) is 9.57. The van der Waals surface area contributed by atoms with E-state index in [-0.39, 0.29) is 22.8 Å². The quantitative estimate of drug-likeness (QED) is 0.849. The van der Waals surface area contributed by atoms with E-state index in [1.165, 1.54) is 12.4 Å². The third kappa shape index (κ3) is 4.12. The zero-order chi connectivity index (χ0) is 12.1. The first kappa shape index (κ1) is 12.9. The first-order chi connectivity index (χ1) is 7.49. The summed E-state index contributed by atoms with van der Waals surface area (Å²) in [6.07, 6.45) is 2.78. The Morgan fingerprint density at radius 1 is 1.56 bits per heavy atom. The van der Waals surface area contributed by atoms with Crippen molar-refractivity contribution >= 4 is 17.5 Å². The van der Waals surface area contributed by atoms with Gasteiger partial charge < -0.3 is 10.2 Å². The average molecular weight is 243 g/mol. The van der Waals surface area contributed by atoms with E-state index in [0.717, 1.165) is 6.54 Å². The van der Waals surface area contributed by atoms with Crippen molar-refractivity contribution in [3.05, 3.63) is 23.2 Å². The van der Waals surface area contributed by atoms with Crippen LogP contribution < -0.4 is 5.32 Å². The topological polar surface area (TPSA) is 58.1 Å². The molecular weight excluding hydrogens is 228 g/mol. The van der Waals surface area contributed by atoms with Gasteiger partial charge in [-0.25, -0.2) is 4.98 Å². The number of nitrogens with zero attached hydrogens (tertiary/aromatic N) is 3. The van der Waals surface area contributed by atoms with Crippen molar-refractivity contribution < 1.29 is 4.79 Å². The molecule has 0 radical (unpaired) electrons. The fourth-order valence-corrected chi connectivity index (χ4v) is 1.49. The molecule has 0 aliphatic carbocycles. The second-order valence-electron chi connectivity index (χ2n) is 3.86. The van der Waals surface area contributed by atoms with Crippen LogP contribution in [0.15, 0.2) is 12.4 Å². The summed E-state index contributed by atoms with van der Waals surface area (Å²) < 4.78 is 0. The molecule has 1 heterocycles. The highest BCUT2D eigenvalue weighted by Gasteiger charge is 2.12. The maximum Gasteiger partial charge on any atom is 0.271 e. The lowest BCUT2D eigenvalue weighted by Crippen LogP contribution is -2.39. The van der Waals surface area contributed by atoms with E-state index >= 15 is 0 Å². The SMILES string of the molecule is CC(CN(C)C)NC(=O)c1cncc(Cl)n1. The molecule has 0 fully saturated rings. The fraction of sp³-hybridized carbons (Fsp3) is 0.500. The lowest BCUT2D eigenvalue weighted by Gasteiger charge is -2.17. The standard InChI is InChI=1S/C10H15ClN4O/c1-7(6-15(2)3)13-10(16)8-4-12-5-9(11)14-8/h4-5,7H,6H2,1-3H3,(H,13,16). The highest BCUT2D eigenvalue weighted by Crippen LogP contribution is 2.02. The van der Waals surface area contributed by atoms with Crippen LogP contribution in [0, 0.1) is 0 Å². The number of carbonyl (C=O) groups is 1. The minimum Gasteiger partial charge on any atom is -0.347 e. The fourth-order valence-electron chi connectivity index (χ4n) is 1.34. The third-order valence-electron chi connectivity index (χ3n) is 1.85. The Labute approximate surface area is 99.8 Å². The molecule has 88 valence electrons. The number of halogens is 1. The van der Waals surface area contributed by atoms with E-state index in [1.54, 1.807) is 0 Å². The van der Waals surface area contributed by atoms with Crippen molar-refractivity contribution in [2.45, 2.75) is 13.0 Å². The van der Waals surface area contributed by atoms with E-state index in [9.17, 15) is 4.79 Å². The van der Waals surface area contributed by atoms with Gasteiger partial charge in [-0.15, -0.1) is 0 Å². The van der Waals surface area contributed by atoms with Gasteiger partial charge in [0, 0.05) is 12.6 Å². The van der Waals surface area contributed by atoms with E-state index < -0.39 is 0 Å². The van der Waals surface area contributed by atoms with Crippen LogP contribution in [0.2, 0.25) is 5.15 Å². The number of likely N-dealkylation sites (N-methyl/N-ethyl adjacent to an activating group) is 1. The molecule has 1 rings (SSSR count). The Kier molecular flexibility index (Phi) is 4.64. The number of hydrogen-bond acceptors (Lipinski definition) is 4. The van der Waals surface area contributed by atoms with Crippen molar-refractivity contribution in [2.24, 2.45) is 0 Å². The Morgan fingerprint density at radius 3 is 2.81 bits per heavy atom. The summed E-state index contributed by atoms with van der Waals surface area (Å²) in [6, 6.07) is 0.0447. The Bertz CT molecular complexity index is 370. The van der Waals surface area contributed by atoms with Crippen molar-refractivity contribution in [1.29, 1.82) is 0 Å². The summed E-state index contributed by atoms with van der Waals surface area (Å²) >= 11 is 5.65. The van der Waals surface area contributed by atoms with Gasteiger partial charge in [0.1, 0.15) is 10.8 Å². The van der Waals surface area contributed by atoms with Gasteiger partial charge in [0.25, 0.3) is 5.91 Å². The minimum atomic E-state index is -0.260. The van der Waals surface area contributed by atoms with E-state index in [0.29, 0.717) is 0 Å². The van der Waals surface area contributed by atoms with Crippen LogP contribution in [-0.2, 0) is 0 Å². The number of amides is 1. The predicted octanol–water partition coefficient (Wildman–Crippen LogP) is 0.810. The molecular formula is C10H15ClN4O. The van der Waals surface area contributed by atoms with Crippen LogP contribution >= 0.6 is 11.6 Å². The van der Waals surface area contributed by atoms with Gasteiger partial charge in [-0.05, 0) is 21.0 Å². The van der Waals surface area contributed by atoms with Crippen LogP contribution in [0.1, 0.15) is 17.4 Å². The monoisotopic (exact) mass is 242 g/mol. The Morgan fingerprint density at radius 2 is 2.25 bits per heavy atom. The molecule has 0 saturated heterocycles. The molecule has 0 saturated carbocycles. The summed E-state index contributed by atoms with van der Waals surface area (Å²) in [5.41, 5.74) is 0.234. The summed E-state index contributed by atoms with van der Waals surface area (Å²) in [5.74, 6) is -0.260. The minimum absolute atomic E-state index is 0.0447. The normalized spacial score (nSPS) is 12.6. The van der Waals surface area contributed by atoms with Gasteiger partial charge in [-0.1, -0.05) is 11.6 Å². The molecule has 16 heavy (non-hydrogen) atoms. The van der Waals surface area contributed by atoms with Gasteiger partial charge in [0.05, 0.1) is 12.4 Å². The van der Waals surface area contributed by atoms with Crippen LogP contribution in [0.5, 0.6) is 0 Å². The summed E-state index contributed by atoms with van der Waals surface area (Å²) in [5, 5.41) is 3.03. The molecule has 0 aliphatic rings. The lowest BCUT2D eigenvalue weighted by atomic mass is 10.3. The first-order valence-electron chi connectivity index (χ1n) is 4.92. The van der Waals surface area contributed by atoms with Crippen LogP contribution in [0.4, 0.5) is 0 Å². The number of carbonyl (C=O) groups excluding carboxylic acids is 1. The van der Waals surface area contributed by atoms with Crippen molar-refractivity contribution in [1.82, 2.24) is 20.2 Å². The van der Waals surface area contributed by atoms with Gasteiger partial charge in [0.15, 0.2) is 0 Å². The Hall–Kier alpha value is -1.20. The molecule has 1 aromatic heterocycles. The maximum absolute atomic E-state index is 11.7. The summed E-state index contributed by atoms with van der Waals surface area (Å²) in [6.45, 7) is 2.69. The van der Waals surface area contributed by atoms with Crippen LogP contribution in [0.3, 0.4) is 0 Å². The molecule has 1 unspecified atom stereocenters. The molecule has 0 aliphatic heterocycles. The molecule has 1 N–H and O–H groups in total. The van der Waals surface area contributed by atoms with E-state index in [1.807, 2.05) is 25.9 Å². The number of hydrogen-bond donors (Lipinski definition) is 1. The van der Waals surface area contributed by atoms with E-state index in [2.05, 4.69) is 15.3 Å². The first-order valence-corrected chi connectivity index (χ1v) is 5.30. The molecule has 0 aromatic carbocycles. The molecule has 0 spiro atoms. The largest absolute Gasteiger partial charge is 0.347 e. The maximum atomic E-state index is 11.7. The highest BCUT2D eigenvalue weighted by molar-refractivity contribution is 6.29. The van der Waals surface area contributed by atoms with Gasteiger partial charge in [-0.3, -0.25) is 9.78 Å². The molecule has 1 amide bonds. The second kappa shape index (κ2) is 5.77. The smallest absolute Gasteiger partial charge is 0.271 e. The van der Waals surface area contributed by atoms with Crippen LogP contribution in [-0.4, -0.2) is 47.5 Å². The third-order valence-corrected chi connectivity index (χ3v) is 2.04. The lowest BCUT2D eigenvalue weighted by molar-refractivity contribution is 0.0929. The van der Waals surface area contributed by atoms with Gasteiger partial charge >= 0.3 is 0 Å². The number of aromatic nitrogens is 2. The zero-order valence-corrected chi connectivity index (χ0v) is 10.3. The van der Waals surface area contributed by atoms with Crippen molar-refractivity contribution in [3.63, 3.8) is 0 Å². The number of rotatable bonds is 4. The summed E-state index contributed by atoms with van der Waals surface area (Å²) in [7, 11) is 3.89. The molecule has 0 bridgehead atoms. The van der Waals surface area contributed by atoms with Gasteiger partial charge in [-0.2, -0.15) is 0 Å². The number of nitrogens with one attached hydrogen (secondary N) is 1. The van der Waals surface area contributed by atoms with Crippen LogP contribution in [0.25, 0.3) is 0 Å².